The van der Waals surface area contributed by atoms with Gasteiger partial charge in [-0.1, -0.05) is 31.5 Å². The Balaban J connectivity index is 1.46. The maximum atomic E-state index is 14.9. The summed E-state index contributed by atoms with van der Waals surface area (Å²) in [6.45, 7) is 2.18. The van der Waals surface area contributed by atoms with Gasteiger partial charge >= 0.3 is 18.3 Å². The van der Waals surface area contributed by atoms with Crippen molar-refractivity contribution >= 4 is 29.1 Å². The van der Waals surface area contributed by atoms with E-state index >= 15 is 0 Å². The number of ether oxygens (including phenoxy) is 2. The summed E-state index contributed by atoms with van der Waals surface area (Å²) in [4.78, 5) is 45.3. The molecular formula is C37H42F6N4O6S. The Morgan fingerprint density at radius 3 is 2.37 bits per heavy atom. The molecule has 0 unspecified atom stereocenters. The Hall–Kier alpha value is -4.38. The van der Waals surface area contributed by atoms with E-state index in [2.05, 4.69) is 4.98 Å². The van der Waals surface area contributed by atoms with Crippen molar-refractivity contribution in [2.24, 2.45) is 5.73 Å². The third kappa shape index (κ3) is 8.94. The largest absolute Gasteiger partial charge is 0.493 e. The number of hydrogen-bond acceptors (Lipinski definition) is 8. The van der Waals surface area contributed by atoms with Gasteiger partial charge in [0.1, 0.15) is 22.1 Å². The fraction of sp³-hybridized carbons (Fsp3) is 0.514. The zero-order valence-electron chi connectivity index (χ0n) is 29.5. The number of para-hydroxylation sites is 1. The number of piperidine rings is 2. The van der Waals surface area contributed by atoms with Crippen LogP contribution in [0.3, 0.4) is 0 Å². The van der Waals surface area contributed by atoms with Crippen LogP contribution in [0.15, 0.2) is 54.0 Å². The molecule has 2 fully saturated rings. The molecule has 0 radical (unpaired) electrons. The molecule has 5 rings (SSSR count). The van der Waals surface area contributed by atoms with Crippen LogP contribution in [-0.2, 0) is 27.5 Å². The maximum absolute atomic E-state index is 14.9. The molecule has 2 atom stereocenters. The molecule has 0 spiro atoms. The lowest BCUT2D eigenvalue weighted by Crippen LogP contribution is -2.69. The molecule has 0 bridgehead atoms. The number of rotatable bonds is 13. The standard InChI is InChI=1S/C37H42F6N4O6S/c1-2-9-28-35(53-24-22-29(54-23-24)37(41,42)43,14-8-18-47(28)32(50)31-26(36(38,39)40)11-7-17-45-31)33(51)46-19-15-34(44,16-20-46)25-10-3-4-12-27(25)52-21-6-5-13-30(48)49/h3-4,7,10-12,17,22-23,28H,2,5-6,8-9,13-16,18-21,44H2,1H3,(H,48,49)/t28-,35+/m1/s1. The van der Waals surface area contributed by atoms with Crippen LogP contribution < -0.4 is 15.2 Å². The van der Waals surface area contributed by atoms with Gasteiger partial charge in [-0.2, -0.15) is 26.3 Å². The Labute approximate surface area is 312 Å². The second-order valence-electron chi connectivity index (χ2n) is 13.6. The number of nitrogens with zero attached hydrogens (tertiary/aromatic N) is 3. The number of halogens is 6. The monoisotopic (exact) mass is 784 g/mol. The fourth-order valence-electron chi connectivity index (χ4n) is 7.29. The molecule has 54 heavy (non-hydrogen) atoms. The van der Waals surface area contributed by atoms with E-state index in [1.54, 1.807) is 25.1 Å². The number of amides is 2. The minimum atomic E-state index is -4.91. The molecule has 3 N–H and O–H groups in total. The summed E-state index contributed by atoms with van der Waals surface area (Å²) >= 11 is 0.377. The average Bonchev–Trinajstić information content (AvgIpc) is 3.61. The Morgan fingerprint density at radius 2 is 1.72 bits per heavy atom. The molecular weight excluding hydrogens is 742 g/mol. The van der Waals surface area contributed by atoms with Gasteiger partial charge in [-0.05, 0) is 56.7 Å². The lowest BCUT2D eigenvalue weighted by Gasteiger charge is -2.51. The van der Waals surface area contributed by atoms with Gasteiger partial charge in [0.05, 0.1) is 18.2 Å². The van der Waals surface area contributed by atoms with E-state index in [0.29, 0.717) is 41.9 Å². The fourth-order valence-corrected chi connectivity index (χ4v) is 7.96. The lowest BCUT2D eigenvalue weighted by atomic mass is 9.77. The smallest absolute Gasteiger partial charge is 0.425 e. The molecule has 294 valence electrons. The predicted octanol–water partition coefficient (Wildman–Crippen LogP) is 7.51. The Morgan fingerprint density at radius 1 is 1.00 bits per heavy atom. The Kier molecular flexibility index (Phi) is 12.5. The summed E-state index contributed by atoms with van der Waals surface area (Å²) in [5.41, 5.74) is 2.64. The van der Waals surface area contributed by atoms with E-state index < -0.39 is 63.5 Å². The topological polar surface area (TPSA) is 135 Å². The van der Waals surface area contributed by atoms with Crippen molar-refractivity contribution in [1.82, 2.24) is 14.8 Å². The van der Waals surface area contributed by atoms with E-state index in [-0.39, 0.29) is 70.5 Å². The molecule has 0 saturated carbocycles. The summed E-state index contributed by atoms with van der Waals surface area (Å²) < 4.78 is 95.5. The molecule has 4 heterocycles. The van der Waals surface area contributed by atoms with Crippen LogP contribution in [0.2, 0.25) is 0 Å². The van der Waals surface area contributed by atoms with Crippen molar-refractivity contribution < 1.29 is 55.3 Å². The number of alkyl halides is 6. The van der Waals surface area contributed by atoms with Crippen LogP contribution in [0.5, 0.6) is 11.5 Å². The highest BCUT2D eigenvalue weighted by atomic mass is 32.1. The number of carbonyl (C=O) groups excluding carboxylic acids is 2. The predicted molar refractivity (Wildman–Crippen MR) is 186 cm³/mol. The third-order valence-electron chi connectivity index (χ3n) is 9.93. The first-order chi connectivity index (χ1) is 25.5. The normalized spacial score (nSPS) is 20.4. The van der Waals surface area contributed by atoms with Gasteiger partial charge in [0.25, 0.3) is 11.8 Å². The number of carboxylic acid groups (broad SMARTS) is 1. The summed E-state index contributed by atoms with van der Waals surface area (Å²) in [7, 11) is 0. The van der Waals surface area contributed by atoms with Gasteiger partial charge in [0.2, 0.25) is 5.60 Å². The van der Waals surface area contributed by atoms with Crippen molar-refractivity contribution in [3.63, 3.8) is 0 Å². The number of unbranched alkanes of at least 4 members (excludes halogenated alkanes) is 1. The Bertz CT molecular complexity index is 1790. The highest BCUT2D eigenvalue weighted by molar-refractivity contribution is 7.10. The molecule has 2 amide bonds. The van der Waals surface area contributed by atoms with Gasteiger partial charge in [-0.15, -0.1) is 11.3 Å². The van der Waals surface area contributed by atoms with Crippen molar-refractivity contribution in [2.75, 3.05) is 26.2 Å². The van der Waals surface area contributed by atoms with Crippen molar-refractivity contribution in [2.45, 2.75) is 94.2 Å². The number of aliphatic carboxylic acids is 1. The van der Waals surface area contributed by atoms with E-state index in [9.17, 15) is 40.7 Å². The summed E-state index contributed by atoms with van der Waals surface area (Å²) in [5, 5.41) is 10.0. The zero-order chi connectivity index (χ0) is 39.3. The number of thiophene rings is 1. The molecule has 17 heteroatoms. The van der Waals surface area contributed by atoms with E-state index in [0.717, 1.165) is 34.7 Å². The number of hydrogen-bond donors (Lipinski definition) is 2. The first-order valence-corrected chi connectivity index (χ1v) is 18.6. The molecule has 2 aliphatic rings. The van der Waals surface area contributed by atoms with Gasteiger partial charge in [-0.25, -0.2) is 0 Å². The minimum Gasteiger partial charge on any atom is -0.493 e. The highest BCUT2D eigenvalue weighted by Crippen LogP contribution is 2.44. The van der Waals surface area contributed by atoms with E-state index in [4.69, 9.17) is 20.3 Å². The number of nitrogens with two attached hydrogens (primary N) is 1. The van der Waals surface area contributed by atoms with E-state index in [1.165, 1.54) is 4.90 Å². The highest BCUT2D eigenvalue weighted by Gasteiger charge is 2.56. The van der Waals surface area contributed by atoms with Crippen LogP contribution >= 0.6 is 11.3 Å². The number of aromatic nitrogens is 1. The number of benzene rings is 1. The first-order valence-electron chi connectivity index (χ1n) is 17.7. The van der Waals surface area contributed by atoms with Crippen molar-refractivity contribution in [3.8, 4) is 11.5 Å². The third-order valence-corrected chi connectivity index (χ3v) is 10.9. The van der Waals surface area contributed by atoms with Crippen LogP contribution in [0.4, 0.5) is 26.3 Å². The summed E-state index contributed by atoms with van der Waals surface area (Å²) in [5.74, 6) is -2.30. The molecule has 0 aliphatic carbocycles. The summed E-state index contributed by atoms with van der Waals surface area (Å²) in [6.07, 6.45) is -6.55. The number of pyridine rings is 1. The van der Waals surface area contributed by atoms with Crippen LogP contribution in [0.25, 0.3) is 0 Å². The summed E-state index contributed by atoms with van der Waals surface area (Å²) in [6, 6.07) is 8.58. The van der Waals surface area contributed by atoms with Crippen molar-refractivity contribution in [1.29, 1.82) is 0 Å². The van der Waals surface area contributed by atoms with Crippen LogP contribution in [-0.4, -0.2) is 75.6 Å². The second-order valence-corrected chi connectivity index (χ2v) is 14.5. The van der Waals surface area contributed by atoms with Crippen LogP contribution in [0.1, 0.15) is 91.2 Å². The molecule has 3 aromatic rings. The molecule has 10 nitrogen and oxygen atoms in total. The molecule has 2 aliphatic heterocycles. The number of likely N-dealkylation sites (tertiary alicyclic amines) is 2. The van der Waals surface area contributed by atoms with Gasteiger partial charge < -0.3 is 30.1 Å². The molecule has 1 aromatic carbocycles. The molecule has 2 aromatic heterocycles. The van der Waals surface area contributed by atoms with Gasteiger partial charge in [0, 0.05) is 61.2 Å². The molecule has 2 saturated heterocycles. The lowest BCUT2D eigenvalue weighted by molar-refractivity contribution is -0.161. The maximum Gasteiger partial charge on any atom is 0.425 e. The SMILES string of the molecule is CCC[C@H]1N(C(=O)c2ncccc2C(F)(F)F)CCC[C@@]1(Oc1csc(C(F)(F)F)c1)C(=O)N1CCC(N)(c2ccccc2OCCCCC(=O)O)CC1. The number of carbonyl (C=O) groups is 3. The minimum absolute atomic E-state index is 0.0135. The van der Waals surface area contributed by atoms with Crippen LogP contribution in [0, 0.1) is 0 Å². The second kappa shape index (κ2) is 16.6. The quantitative estimate of drug-likeness (QED) is 0.134. The zero-order valence-corrected chi connectivity index (χ0v) is 30.4. The number of carboxylic acids is 1. The first kappa shape index (κ1) is 40.8. The van der Waals surface area contributed by atoms with Gasteiger partial charge in [0.15, 0.2) is 0 Å². The van der Waals surface area contributed by atoms with Crippen molar-refractivity contribution in [3.05, 3.63) is 75.7 Å². The van der Waals surface area contributed by atoms with Gasteiger partial charge in [-0.3, -0.25) is 19.4 Å². The average molecular weight is 785 g/mol. The van der Waals surface area contributed by atoms with E-state index in [1.807, 2.05) is 6.07 Å².